The first kappa shape index (κ1) is 14.5. The van der Waals surface area contributed by atoms with Crippen LogP contribution >= 0.6 is 11.3 Å². The first-order chi connectivity index (χ1) is 9.31. The Labute approximate surface area is 120 Å². The van der Waals surface area contributed by atoms with E-state index < -0.39 is 0 Å². The Bertz CT molecular complexity index is 415. The van der Waals surface area contributed by atoms with Crippen LogP contribution < -0.4 is 0 Å². The van der Waals surface area contributed by atoms with E-state index in [-0.39, 0.29) is 0 Å². The minimum Gasteiger partial charge on any atom is -0.379 e. The predicted octanol–water partition coefficient (Wildman–Crippen LogP) is 2.08. The molecule has 1 fully saturated rings. The van der Waals surface area contributed by atoms with E-state index in [4.69, 9.17) is 4.74 Å². The molecule has 1 atom stereocenters. The van der Waals surface area contributed by atoms with E-state index in [9.17, 15) is 0 Å². The van der Waals surface area contributed by atoms with Crippen molar-refractivity contribution in [2.45, 2.75) is 13.0 Å². The van der Waals surface area contributed by atoms with Crippen molar-refractivity contribution in [1.29, 1.82) is 0 Å². The van der Waals surface area contributed by atoms with Gasteiger partial charge in [-0.1, -0.05) is 12.0 Å². The molecule has 1 aromatic heterocycles. The van der Waals surface area contributed by atoms with Crippen molar-refractivity contribution in [2.24, 2.45) is 0 Å². The molecule has 2 rings (SSSR count). The van der Waals surface area contributed by atoms with Crippen molar-refractivity contribution < 1.29 is 4.74 Å². The Morgan fingerprint density at radius 3 is 2.89 bits per heavy atom. The van der Waals surface area contributed by atoms with Crippen LogP contribution in [-0.4, -0.2) is 56.2 Å². The highest BCUT2D eigenvalue weighted by Crippen LogP contribution is 2.26. The fraction of sp³-hybridized carbons (Fsp3) is 0.600. The summed E-state index contributed by atoms with van der Waals surface area (Å²) in [6.45, 7) is 7.50. The van der Waals surface area contributed by atoms with Crippen LogP contribution in [0, 0.1) is 11.8 Å². The Morgan fingerprint density at radius 1 is 1.47 bits per heavy atom. The third kappa shape index (κ3) is 4.32. The molecule has 0 unspecified atom stereocenters. The lowest BCUT2D eigenvalue weighted by Crippen LogP contribution is -2.43. The number of thiophene rings is 1. The maximum Gasteiger partial charge on any atom is 0.0599 e. The van der Waals surface area contributed by atoms with Crippen LogP contribution in [0.2, 0.25) is 0 Å². The summed E-state index contributed by atoms with van der Waals surface area (Å²) in [7, 11) is 2.14. The standard InChI is InChI=1S/C15H22N2OS/c1-3-4-7-16(2)13-14(15-6-5-12-19-15)17-8-10-18-11-9-17/h5-6,12,14H,7-11,13H2,1-2H3/t14-/m1/s1. The van der Waals surface area contributed by atoms with Crippen LogP contribution in [0.1, 0.15) is 17.8 Å². The van der Waals surface area contributed by atoms with Crippen molar-refractivity contribution in [3.05, 3.63) is 22.4 Å². The zero-order valence-electron chi connectivity index (χ0n) is 11.8. The zero-order chi connectivity index (χ0) is 13.5. The van der Waals surface area contributed by atoms with Crippen molar-refractivity contribution in [1.82, 2.24) is 9.80 Å². The largest absolute Gasteiger partial charge is 0.379 e. The lowest BCUT2D eigenvalue weighted by molar-refractivity contribution is 0.0109. The van der Waals surface area contributed by atoms with E-state index >= 15 is 0 Å². The number of nitrogens with zero attached hydrogens (tertiary/aromatic N) is 2. The minimum absolute atomic E-state index is 0.465. The molecule has 0 bridgehead atoms. The molecule has 3 nitrogen and oxygen atoms in total. The molecule has 0 radical (unpaired) electrons. The second kappa shape index (κ2) is 7.66. The highest BCUT2D eigenvalue weighted by Gasteiger charge is 2.24. The summed E-state index contributed by atoms with van der Waals surface area (Å²) < 4.78 is 5.46. The molecular weight excluding hydrogens is 256 g/mol. The van der Waals surface area contributed by atoms with Gasteiger partial charge in [-0.05, 0) is 25.4 Å². The molecule has 1 aliphatic heterocycles. The van der Waals surface area contributed by atoms with E-state index in [0.717, 1.165) is 39.4 Å². The lowest BCUT2D eigenvalue weighted by Gasteiger charge is -2.35. The van der Waals surface area contributed by atoms with Gasteiger partial charge in [0, 0.05) is 24.5 Å². The third-order valence-electron chi connectivity index (χ3n) is 3.37. The number of ether oxygens (including phenoxy) is 1. The molecular formula is C15H22N2OS. The Balaban J connectivity index is 2.03. The smallest absolute Gasteiger partial charge is 0.0599 e. The molecule has 4 heteroatoms. The minimum atomic E-state index is 0.465. The van der Waals surface area contributed by atoms with E-state index in [1.165, 1.54) is 4.88 Å². The van der Waals surface area contributed by atoms with Crippen LogP contribution in [0.15, 0.2) is 17.5 Å². The molecule has 0 aliphatic carbocycles. The molecule has 1 aromatic rings. The second-order valence-electron chi connectivity index (χ2n) is 4.80. The van der Waals surface area contributed by atoms with Crippen LogP contribution in [0.3, 0.4) is 0 Å². The van der Waals surface area contributed by atoms with Gasteiger partial charge in [0.05, 0.1) is 25.8 Å². The predicted molar refractivity (Wildman–Crippen MR) is 80.4 cm³/mol. The molecule has 0 amide bonds. The van der Waals surface area contributed by atoms with E-state index in [2.05, 4.69) is 46.2 Å². The summed E-state index contributed by atoms with van der Waals surface area (Å²) in [5, 5.41) is 2.16. The number of rotatable bonds is 5. The average molecular weight is 278 g/mol. The molecule has 104 valence electrons. The number of morpholine rings is 1. The van der Waals surface area contributed by atoms with Gasteiger partial charge in [-0.3, -0.25) is 9.80 Å². The van der Waals surface area contributed by atoms with Crippen molar-refractivity contribution in [2.75, 3.05) is 46.4 Å². The normalized spacial score (nSPS) is 18.1. The summed E-state index contributed by atoms with van der Waals surface area (Å²) in [5.41, 5.74) is 0. The summed E-state index contributed by atoms with van der Waals surface area (Å²) in [6, 6.07) is 4.84. The van der Waals surface area contributed by atoms with Gasteiger partial charge < -0.3 is 4.74 Å². The average Bonchev–Trinajstić information content (AvgIpc) is 2.97. The van der Waals surface area contributed by atoms with Crippen LogP contribution in [0.5, 0.6) is 0 Å². The van der Waals surface area contributed by atoms with Crippen molar-refractivity contribution in [3.8, 4) is 11.8 Å². The SMILES string of the molecule is CC#CCN(C)C[C@H](c1cccs1)N1CCOCC1. The topological polar surface area (TPSA) is 15.7 Å². The Kier molecular flexibility index (Phi) is 5.87. The van der Waals surface area contributed by atoms with E-state index in [1.54, 1.807) is 0 Å². The van der Waals surface area contributed by atoms with E-state index in [1.807, 2.05) is 18.3 Å². The van der Waals surface area contributed by atoms with Crippen LogP contribution in [-0.2, 0) is 4.74 Å². The zero-order valence-corrected chi connectivity index (χ0v) is 12.6. The number of likely N-dealkylation sites (N-methyl/N-ethyl adjacent to an activating group) is 1. The fourth-order valence-corrected chi connectivity index (χ4v) is 3.18. The maximum atomic E-state index is 5.46. The molecule has 1 saturated heterocycles. The highest BCUT2D eigenvalue weighted by atomic mass is 32.1. The summed E-state index contributed by atoms with van der Waals surface area (Å²) >= 11 is 1.85. The van der Waals surface area contributed by atoms with Crippen LogP contribution in [0.25, 0.3) is 0 Å². The Hall–Kier alpha value is -0.860. The maximum absolute atomic E-state index is 5.46. The van der Waals surface area contributed by atoms with Crippen molar-refractivity contribution in [3.63, 3.8) is 0 Å². The summed E-state index contributed by atoms with van der Waals surface area (Å²) in [5.74, 6) is 6.10. The molecule has 0 saturated carbocycles. The number of hydrogen-bond donors (Lipinski definition) is 0. The lowest BCUT2D eigenvalue weighted by atomic mass is 10.1. The van der Waals surface area contributed by atoms with E-state index in [0.29, 0.717) is 6.04 Å². The third-order valence-corrected chi connectivity index (χ3v) is 4.34. The van der Waals surface area contributed by atoms with Gasteiger partial charge in [0.15, 0.2) is 0 Å². The van der Waals surface area contributed by atoms with Gasteiger partial charge in [0.1, 0.15) is 0 Å². The van der Waals surface area contributed by atoms with Gasteiger partial charge in [-0.25, -0.2) is 0 Å². The fourth-order valence-electron chi connectivity index (χ4n) is 2.33. The molecule has 0 aromatic carbocycles. The molecule has 19 heavy (non-hydrogen) atoms. The first-order valence-corrected chi connectivity index (χ1v) is 7.62. The summed E-state index contributed by atoms with van der Waals surface area (Å²) in [6.07, 6.45) is 0. The number of hydrogen-bond acceptors (Lipinski definition) is 4. The highest BCUT2D eigenvalue weighted by molar-refractivity contribution is 7.10. The Morgan fingerprint density at radius 2 is 2.26 bits per heavy atom. The second-order valence-corrected chi connectivity index (χ2v) is 5.78. The molecule has 2 heterocycles. The quantitative estimate of drug-likeness (QED) is 0.767. The van der Waals surface area contributed by atoms with Gasteiger partial charge in [0.2, 0.25) is 0 Å². The molecule has 1 aliphatic rings. The molecule has 0 spiro atoms. The van der Waals surface area contributed by atoms with Gasteiger partial charge >= 0.3 is 0 Å². The van der Waals surface area contributed by atoms with Gasteiger partial charge in [-0.15, -0.1) is 17.3 Å². The monoisotopic (exact) mass is 278 g/mol. The van der Waals surface area contributed by atoms with Gasteiger partial charge in [0.25, 0.3) is 0 Å². The molecule has 0 N–H and O–H groups in total. The van der Waals surface area contributed by atoms with Crippen molar-refractivity contribution >= 4 is 11.3 Å². The van der Waals surface area contributed by atoms with Crippen LogP contribution in [0.4, 0.5) is 0 Å². The summed E-state index contributed by atoms with van der Waals surface area (Å²) in [4.78, 5) is 6.28. The first-order valence-electron chi connectivity index (χ1n) is 6.74. The van der Waals surface area contributed by atoms with Gasteiger partial charge in [-0.2, -0.15) is 0 Å².